The lowest BCUT2D eigenvalue weighted by atomic mass is 10.0. The Labute approximate surface area is 161 Å². The molecule has 0 spiro atoms. The number of nitrogens with one attached hydrogen (secondary N) is 2. The molecule has 0 aliphatic carbocycles. The molecule has 2 aromatic carbocycles. The predicted octanol–water partition coefficient (Wildman–Crippen LogP) is 2.41. The number of carbonyl (C=O) groups is 3. The second-order valence-corrected chi connectivity index (χ2v) is 6.27. The minimum absolute atomic E-state index is 0.0567. The second-order valence-electron chi connectivity index (χ2n) is 5.84. The number of hydrogen-bond acceptors (Lipinski definition) is 4. The summed E-state index contributed by atoms with van der Waals surface area (Å²) in [5.74, 6) is -0.615. The molecular weight excluding hydrogens is 370 g/mol. The summed E-state index contributed by atoms with van der Waals surface area (Å²) < 4.78 is 5.16. The van der Waals surface area contributed by atoms with Crippen molar-refractivity contribution in [3.8, 4) is 5.75 Å². The van der Waals surface area contributed by atoms with Crippen molar-refractivity contribution in [2.45, 2.75) is 19.4 Å². The van der Waals surface area contributed by atoms with Crippen molar-refractivity contribution in [2.24, 2.45) is 5.73 Å². The van der Waals surface area contributed by atoms with E-state index >= 15 is 0 Å². The third-order valence-corrected chi connectivity index (χ3v) is 3.81. The van der Waals surface area contributed by atoms with Crippen LogP contribution in [0.25, 0.3) is 0 Å². The Morgan fingerprint density at radius 2 is 1.70 bits per heavy atom. The lowest BCUT2D eigenvalue weighted by Crippen LogP contribution is -2.29. The summed E-state index contributed by atoms with van der Waals surface area (Å²) in [4.78, 5) is 34.5. The molecule has 0 saturated carbocycles. The molecule has 7 nitrogen and oxygen atoms in total. The Kier molecular flexibility index (Phi) is 7.19. The first-order valence-electron chi connectivity index (χ1n) is 8.17. The fourth-order valence-electron chi connectivity index (χ4n) is 2.38. The minimum Gasteiger partial charge on any atom is -0.484 e. The molecule has 0 saturated heterocycles. The van der Waals surface area contributed by atoms with E-state index in [9.17, 15) is 14.4 Å². The zero-order chi connectivity index (χ0) is 19.8. The van der Waals surface area contributed by atoms with Crippen molar-refractivity contribution >= 4 is 35.0 Å². The molecule has 2 rings (SSSR count). The Morgan fingerprint density at radius 1 is 1.07 bits per heavy atom. The maximum absolute atomic E-state index is 12.4. The molecular formula is C19H20ClN3O4. The zero-order valence-corrected chi connectivity index (χ0v) is 15.5. The van der Waals surface area contributed by atoms with Gasteiger partial charge in [0, 0.05) is 17.6 Å². The highest BCUT2D eigenvalue weighted by molar-refractivity contribution is 6.30. The van der Waals surface area contributed by atoms with Crippen LogP contribution in [-0.2, 0) is 14.4 Å². The number of amides is 3. The number of carbonyl (C=O) groups excluding carboxylic acids is 3. The van der Waals surface area contributed by atoms with Gasteiger partial charge in [-0.1, -0.05) is 23.7 Å². The van der Waals surface area contributed by atoms with Crippen LogP contribution in [-0.4, -0.2) is 24.3 Å². The van der Waals surface area contributed by atoms with Crippen LogP contribution in [0.4, 0.5) is 5.69 Å². The van der Waals surface area contributed by atoms with Crippen LogP contribution in [0.2, 0.25) is 5.02 Å². The van der Waals surface area contributed by atoms with Crippen molar-refractivity contribution in [1.29, 1.82) is 0 Å². The van der Waals surface area contributed by atoms with Gasteiger partial charge in [-0.05, 0) is 42.0 Å². The summed E-state index contributed by atoms with van der Waals surface area (Å²) in [6.45, 7) is 1.18. The topological polar surface area (TPSA) is 111 Å². The molecule has 0 aromatic heterocycles. The standard InChI is InChI=1S/C19H20ClN3O4/c1-12(24)22-17(13-2-4-14(20)5-3-13)10-19(26)23-15-6-8-16(9-7-15)27-11-18(21)25/h2-9,17H,10-11H2,1H3,(H2,21,25)(H,22,24)(H,23,26). The molecule has 8 heteroatoms. The van der Waals surface area contributed by atoms with Crippen LogP contribution in [0.3, 0.4) is 0 Å². The van der Waals surface area contributed by atoms with E-state index in [1.165, 1.54) is 6.92 Å². The highest BCUT2D eigenvalue weighted by atomic mass is 35.5. The molecule has 0 aliphatic heterocycles. The van der Waals surface area contributed by atoms with Gasteiger partial charge in [0.25, 0.3) is 5.91 Å². The van der Waals surface area contributed by atoms with Crippen LogP contribution < -0.4 is 21.1 Å². The molecule has 3 amide bonds. The molecule has 142 valence electrons. The molecule has 0 aliphatic rings. The lowest BCUT2D eigenvalue weighted by molar-refractivity contribution is -0.121. The van der Waals surface area contributed by atoms with Crippen LogP contribution >= 0.6 is 11.6 Å². The van der Waals surface area contributed by atoms with E-state index in [0.29, 0.717) is 16.5 Å². The first-order valence-corrected chi connectivity index (χ1v) is 8.55. The third kappa shape index (κ3) is 6.99. The maximum atomic E-state index is 12.4. The first-order chi connectivity index (χ1) is 12.8. The quantitative estimate of drug-likeness (QED) is 0.643. The van der Waals surface area contributed by atoms with Crippen molar-refractivity contribution in [3.05, 3.63) is 59.1 Å². The Hall–Kier alpha value is -3.06. The van der Waals surface area contributed by atoms with E-state index in [4.69, 9.17) is 22.1 Å². The molecule has 0 heterocycles. The summed E-state index contributed by atoms with van der Waals surface area (Å²) in [6.07, 6.45) is 0.0567. The lowest BCUT2D eigenvalue weighted by Gasteiger charge is -2.18. The molecule has 0 fully saturated rings. The fraction of sp³-hybridized carbons (Fsp3) is 0.211. The van der Waals surface area contributed by atoms with Gasteiger partial charge in [-0.25, -0.2) is 0 Å². The van der Waals surface area contributed by atoms with Gasteiger partial charge in [-0.3, -0.25) is 14.4 Å². The van der Waals surface area contributed by atoms with Crippen molar-refractivity contribution in [1.82, 2.24) is 5.32 Å². The van der Waals surface area contributed by atoms with Gasteiger partial charge in [0.05, 0.1) is 12.5 Å². The maximum Gasteiger partial charge on any atom is 0.255 e. The van der Waals surface area contributed by atoms with Gasteiger partial charge in [-0.15, -0.1) is 0 Å². The summed E-state index contributed by atoms with van der Waals surface area (Å²) in [6, 6.07) is 13.0. The monoisotopic (exact) mass is 389 g/mol. The van der Waals surface area contributed by atoms with Gasteiger partial charge in [-0.2, -0.15) is 0 Å². The largest absolute Gasteiger partial charge is 0.484 e. The summed E-state index contributed by atoms with van der Waals surface area (Å²) in [7, 11) is 0. The number of rotatable bonds is 8. The number of anilines is 1. The molecule has 1 unspecified atom stereocenters. The highest BCUT2D eigenvalue weighted by Crippen LogP contribution is 2.21. The van der Waals surface area contributed by atoms with Gasteiger partial charge in [0.1, 0.15) is 5.75 Å². The number of nitrogens with two attached hydrogens (primary N) is 1. The number of halogens is 1. The van der Waals surface area contributed by atoms with Gasteiger partial charge < -0.3 is 21.1 Å². The van der Waals surface area contributed by atoms with Gasteiger partial charge in [0.15, 0.2) is 6.61 Å². The summed E-state index contributed by atoms with van der Waals surface area (Å²) in [5, 5.41) is 6.09. The van der Waals surface area contributed by atoms with E-state index in [2.05, 4.69) is 10.6 Å². The number of ether oxygens (including phenoxy) is 1. The van der Waals surface area contributed by atoms with Crippen LogP contribution in [0.1, 0.15) is 24.9 Å². The molecule has 1 atom stereocenters. The van der Waals surface area contributed by atoms with E-state index in [-0.39, 0.29) is 24.8 Å². The highest BCUT2D eigenvalue weighted by Gasteiger charge is 2.17. The molecule has 27 heavy (non-hydrogen) atoms. The Balaban J connectivity index is 1.99. The van der Waals surface area contributed by atoms with E-state index in [0.717, 1.165) is 5.56 Å². The van der Waals surface area contributed by atoms with Crippen molar-refractivity contribution < 1.29 is 19.1 Å². The SMILES string of the molecule is CC(=O)NC(CC(=O)Nc1ccc(OCC(N)=O)cc1)c1ccc(Cl)cc1. The van der Waals surface area contributed by atoms with Crippen molar-refractivity contribution in [2.75, 3.05) is 11.9 Å². The summed E-state index contributed by atoms with van der Waals surface area (Å²) in [5.41, 5.74) is 6.35. The predicted molar refractivity (Wildman–Crippen MR) is 102 cm³/mol. The van der Waals surface area contributed by atoms with Gasteiger partial charge in [0.2, 0.25) is 11.8 Å². The number of hydrogen-bond donors (Lipinski definition) is 3. The van der Waals surface area contributed by atoms with Crippen LogP contribution in [0, 0.1) is 0 Å². The van der Waals surface area contributed by atoms with Crippen LogP contribution in [0.15, 0.2) is 48.5 Å². The average Bonchev–Trinajstić information content (AvgIpc) is 2.60. The number of primary amides is 1. The Bertz CT molecular complexity index is 807. The minimum atomic E-state index is -0.571. The van der Waals surface area contributed by atoms with Crippen LogP contribution in [0.5, 0.6) is 5.75 Å². The first kappa shape index (κ1) is 20.3. The normalized spacial score (nSPS) is 11.3. The van der Waals surface area contributed by atoms with E-state index in [1.807, 2.05) is 0 Å². The third-order valence-electron chi connectivity index (χ3n) is 3.56. The van der Waals surface area contributed by atoms with E-state index < -0.39 is 11.9 Å². The Morgan fingerprint density at radius 3 is 2.26 bits per heavy atom. The molecule has 2 aromatic rings. The van der Waals surface area contributed by atoms with Gasteiger partial charge >= 0.3 is 0 Å². The zero-order valence-electron chi connectivity index (χ0n) is 14.7. The molecule has 0 bridgehead atoms. The fourth-order valence-corrected chi connectivity index (χ4v) is 2.51. The average molecular weight is 390 g/mol. The molecule has 4 N–H and O–H groups in total. The second kappa shape index (κ2) is 9.59. The smallest absolute Gasteiger partial charge is 0.255 e. The summed E-state index contributed by atoms with van der Waals surface area (Å²) >= 11 is 5.89. The molecule has 0 radical (unpaired) electrons. The van der Waals surface area contributed by atoms with Crippen molar-refractivity contribution in [3.63, 3.8) is 0 Å². The number of benzene rings is 2. The van der Waals surface area contributed by atoms with E-state index in [1.54, 1.807) is 48.5 Å².